The molecule has 0 aromatic rings. The Morgan fingerprint density at radius 2 is 0.630 bits per heavy atom. The zero-order chi connectivity index (χ0) is 21.0. The highest BCUT2D eigenvalue weighted by atomic mass is 29.1. The molecule has 0 unspecified atom stereocenters. The lowest BCUT2D eigenvalue weighted by Crippen LogP contribution is -2.61. The van der Waals surface area contributed by atoms with Crippen LogP contribution in [0.5, 0.6) is 0 Å². The van der Waals surface area contributed by atoms with E-state index in [0.717, 1.165) is 0 Å². The molecule has 27 heavy (non-hydrogen) atoms. The summed E-state index contributed by atoms with van der Waals surface area (Å²) in [4.78, 5) is 0. The number of hydrogen-bond donors (Lipinski definition) is 0. The van der Waals surface area contributed by atoms with Crippen LogP contribution >= 0.6 is 0 Å². The van der Waals surface area contributed by atoms with E-state index in [4.69, 9.17) is 0 Å². The molecule has 2 fully saturated rings. The fraction of sp³-hybridized carbons (Fsp3) is 1.00. The molecule has 0 spiro atoms. The SMILES string of the molecule is C[Si](C)(C)B1CCB([Si](C)(C)C)[Si]1=[Si]=[Si]1B([Si](C)(C)C)CCB1[Si](C)(C)C. The highest BCUT2D eigenvalue weighted by Crippen LogP contribution is 2.29. The topological polar surface area (TPSA) is 0 Å². The molecule has 0 aromatic carbocycles. The van der Waals surface area contributed by atoms with Gasteiger partial charge in [0, 0.05) is 31.8 Å². The summed E-state index contributed by atoms with van der Waals surface area (Å²) in [5.74, 6) is 4.95. The summed E-state index contributed by atoms with van der Waals surface area (Å²) in [6.07, 6.45) is 6.54. The summed E-state index contributed by atoms with van der Waals surface area (Å²) >= 11 is 0. The van der Waals surface area contributed by atoms with Gasteiger partial charge in [-0.2, -0.15) is 0 Å². The van der Waals surface area contributed by atoms with E-state index in [-0.39, 0.29) is 15.3 Å². The molecule has 2 aliphatic rings. The first-order valence-electron chi connectivity index (χ1n) is 11.4. The Bertz CT molecular complexity index is 533. The maximum atomic E-state index is 2.72. The first kappa shape index (κ1) is 25.0. The van der Waals surface area contributed by atoms with Crippen molar-refractivity contribution in [3.05, 3.63) is 0 Å². The molecule has 148 valence electrons. The highest BCUT2D eigenvalue weighted by Gasteiger charge is 2.50. The Kier molecular flexibility index (Phi) is 7.76. The zero-order valence-electron chi connectivity index (χ0n) is 20.6. The quantitative estimate of drug-likeness (QED) is 0.518. The van der Waals surface area contributed by atoms with Crippen molar-refractivity contribution in [3.8, 4) is 0 Å². The first-order valence-corrected chi connectivity index (χ1v) is 32.1. The number of hydrogen-bond acceptors (Lipinski definition) is 0. The molecule has 0 amide bonds. The molecule has 0 nitrogen and oxygen atoms in total. The lowest BCUT2D eigenvalue weighted by molar-refractivity contribution is 1.43. The van der Waals surface area contributed by atoms with Gasteiger partial charge in [0.25, 0.3) is 0 Å². The van der Waals surface area contributed by atoms with Crippen molar-refractivity contribution in [2.24, 2.45) is 0 Å². The van der Waals surface area contributed by atoms with Gasteiger partial charge in [-0.1, -0.05) is 104 Å². The van der Waals surface area contributed by atoms with E-state index in [2.05, 4.69) is 78.6 Å². The van der Waals surface area contributed by atoms with Crippen LogP contribution in [-0.4, -0.2) is 78.3 Å². The number of rotatable bonds is 4. The van der Waals surface area contributed by atoms with E-state index in [9.17, 15) is 0 Å². The fourth-order valence-electron chi connectivity index (χ4n) is 5.89. The maximum absolute atomic E-state index is 2.72. The van der Waals surface area contributed by atoms with Gasteiger partial charge in [0.2, 0.25) is 0 Å². The summed E-state index contributed by atoms with van der Waals surface area (Å²) < 4.78 is 0. The van der Waals surface area contributed by atoms with Crippen molar-refractivity contribution in [1.82, 2.24) is 0 Å². The van der Waals surface area contributed by atoms with Crippen molar-refractivity contribution >= 4 is 78.3 Å². The van der Waals surface area contributed by atoms with E-state index in [1.165, 1.54) is 31.3 Å². The van der Waals surface area contributed by atoms with E-state index < -0.39 is 31.8 Å². The lowest BCUT2D eigenvalue weighted by Gasteiger charge is -2.30. The molecule has 11 heteroatoms. The van der Waals surface area contributed by atoms with Gasteiger partial charge in [0.15, 0.2) is 0 Å². The van der Waals surface area contributed by atoms with Gasteiger partial charge < -0.3 is 0 Å². The third-order valence-electron chi connectivity index (χ3n) is 7.46. The van der Waals surface area contributed by atoms with Gasteiger partial charge >= 0.3 is 0 Å². The van der Waals surface area contributed by atoms with E-state index >= 15 is 0 Å². The zero-order valence-corrected chi connectivity index (χ0v) is 27.6. The fourth-order valence-corrected chi connectivity index (χ4v) is 69.8. The van der Waals surface area contributed by atoms with Crippen LogP contribution in [0.4, 0.5) is 0 Å². The molecule has 0 aliphatic carbocycles. The molecule has 0 radical (unpaired) electrons. The second-order valence-electron chi connectivity index (χ2n) is 13.9. The molecule has 0 saturated carbocycles. The van der Waals surface area contributed by atoms with Gasteiger partial charge in [-0.05, 0) is 15.3 Å². The van der Waals surface area contributed by atoms with Gasteiger partial charge in [0.1, 0.15) is 23.6 Å². The molecule has 0 bridgehead atoms. The van der Waals surface area contributed by atoms with Crippen molar-refractivity contribution in [2.75, 3.05) is 0 Å². The largest absolute Gasteiger partial charge is 0.139 e. The third kappa shape index (κ3) is 5.93. The summed E-state index contributed by atoms with van der Waals surface area (Å²) in [7, 11) is -2.77. The standard InChI is InChI=1S/C16H44B4Si7/c1-24(2,3)17-13-14-18(25(4,5)6)22(17)21-23-19(26(7,8)9)15-16-20(23)27(10,11)12/h13-16H2,1-12H3. The Labute approximate surface area is 181 Å². The van der Waals surface area contributed by atoms with Crippen LogP contribution in [0, 0.1) is 0 Å². The summed E-state index contributed by atoms with van der Waals surface area (Å²) in [6, 6.07) is 0. The Balaban J connectivity index is 2.73. The Hall–Kier alpha value is 1.78. The summed E-state index contributed by atoms with van der Waals surface area (Å²) in [5, 5.41) is 0. The summed E-state index contributed by atoms with van der Waals surface area (Å²) in [5.41, 5.74) is 0. The van der Waals surface area contributed by atoms with Crippen LogP contribution in [0.3, 0.4) is 0 Å². The van der Waals surface area contributed by atoms with Crippen molar-refractivity contribution in [3.63, 3.8) is 0 Å². The van der Waals surface area contributed by atoms with Crippen molar-refractivity contribution in [1.29, 1.82) is 0 Å². The van der Waals surface area contributed by atoms with Gasteiger partial charge in [-0.3, -0.25) is 0 Å². The molecular weight excluding hydrogens is 432 g/mol. The molecular formula is C16H44B4Si7. The molecule has 0 N–H and O–H groups in total. The van der Waals surface area contributed by atoms with Crippen LogP contribution in [0.25, 0.3) is 0 Å². The third-order valence-corrected chi connectivity index (χ3v) is 50.4. The molecule has 0 aromatic heterocycles. The molecule has 2 rings (SSSR count). The van der Waals surface area contributed by atoms with Gasteiger partial charge in [0.05, 0.1) is 0 Å². The highest BCUT2D eigenvalue weighted by molar-refractivity contribution is 7.88. The van der Waals surface area contributed by atoms with Crippen LogP contribution in [-0.2, 0) is 0 Å². The van der Waals surface area contributed by atoms with E-state index in [1.807, 2.05) is 0 Å². The molecule has 2 heterocycles. The average Bonchev–Trinajstić information content (AvgIpc) is 2.99. The lowest BCUT2D eigenvalue weighted by atomic mass is 9.87. The Morgan fingerprint density at radius 3 is 0.778 bits per heavy atom. The van der Waals surface area contributed by atoms with Crippen molar-refractivity contribution in [2.45, 2.75) is 104 Å². The second kappa shape index (κ2) is 8.37. The molecule has 2 aliphatic heterocycles. The van der Waals surface area contributed by atoms with E-state index in [1.54, 1.807) is 25.3 Å². The molecule has 0 atom stereocenters. The average molecular weight is 476 g/mol. The summed E-state index contributed by atoms with van der Waals surface area (Å²) in [6.45, 7) is 32.6. The monoisotopic (exact) mass is 476 g/mol. The van der Waals surface area contributed by atoms with Crippen LogP contribution in [0.2, 0.25) is 104 Å². The van der Waals surface area contributed by atoms with E-state index in [0.29, 0.717) is 0 Å². The van der Waals surface area contributed by atoms with Crippen LogP contribution < -0.4 is 0 Å². The van der Waals surface area contributed by atoms with Crippen LogP contribution in [0.15, 0.2) is 0 Å². The minimum atomic E-state index is -1.00. The van der Waals surface area contributed by atoms with Gasteiger partial charge in [-0.25, -0.2) is 0 Å². The van der Waals surface area contributed by atoms with Crippen LogP contribution in [0.1, 0.15) is 0 Å². The normalized spacial score (nSPS) is 20.1. The minimum Gasteiger partial charge on any atom is -0.133 e. The van der Waals surface area contributed by atoms with Gasteiger partial charge in [-0.15, -0.1) is 7.71 Å². The maximum Gasteiger partial charge on any atom is 0.139 e. The van der Waals surface area contributed by atoms with Crippen molar-refractivity contribution < 1.29 is 0 Å². The predicted molar refractivity (Wildman–Crippen MR) is 153 cm³/mol. The first-order chi connectivity index (χ1) is 11.9. The Morgan fingerprint density at radius 1 is 0.444 bits per heavy atom. The smallest absolute Gasteiger partial charge is 0.133 e. The predicted octanol–water partition coefficient (Wildman–Crippen LogP) is 4.66. The molecule has 2 saturated heterocycles. The minimum absolute atomic E-state index is 0.130. The second-order valence-corrected chi connectivity index (χ2v) is 49.2.